The van der Waals surface area contributed by atoms with Crippen molar-refractivity contribution in [3.05, 3.63) is 95.7 Å². The van der Waals surface area contributed by atoms with Crippen LogP contribution in [0.4, 0.5) is 11.4 Å². The zero-order valence-electron chi connectivity index (χ0n) is 50.2. The fourth-order valence-electron chi connectivity index (χ4n) is 11.2. The highest BCUT2D eigenvalue weighted by atomic mass is 32.2. The summed E-state index contributed by atoms with van der Waals surface area (Å²) in [5.74, 6) is -1.86. The SMILES string of the molecule is COCCOCCOCCOCC[N+]1=C(/C=C/C=C/C=C2/N(CCCCCC(=O)O)c3ccc4c(S(=O)(=O)[O-])cc(S(=O)(=O)[O-])cc4c3C2(C)CCOCCOCCOCCOC)C(C)(CCCS(=O)(=O)[O-])c2c1ccc1c(S(=O)(=O)[O-])cc(S(=O)(=O)[O-])cc21. The minimum absolute atomic E-state index is 0.00387. The number of hydrogen-bond acceptors (Lipinski definition) is 25. The molecule has 2 aliphatic heterocycles. The van der Waals surface area contributed by atoms with Crippen LogP contribution in [0, 0.1) is 0 Å². The van der Waals surface area contributed by atoms with E-state index in [9.17, 15) is 74.8 Å². The quantitative estimate of drug-likeness (QED) is 0.0277. The number of rotatable bonds is 41. The summed E-state index contributed by atoms with van der Waals surface area (Å²) in [5.41, 5.74) is -0.540. The third-order valence-corrected chi connectivity index (χ3v) is 19.4. The van der Waals surface area contributed by atoms with Gasteiger partial charge in [-0.15, -0.1) is 0 Å². The minimum Gasteiger partial charge on any atom is -0.748 e. The van der Waals surface area contributed by atoms with Crippen molar-refractivity contribution in [3.8, 4) is 0 Å². The van der Waals surface area contributed by atoms with Crippen LogP contribution in [0.3, 0.4) is 0 Å². The van der Waals surface area contributed by atoms with Crippen LogP contribution in [-0.4, -0.2) is 212 Å². The van der Waals surface area contributed by atoms with Gasteiger partial charge in [-0.2, -0.15) is 4.58 Å². The Morgan fingerprint density at radius 2 is 1.02 bits per heavy atom. The maximum Gasteiger partial charge on any atom is 0.303 e. The average molecular weight is 1360 g/mol. The number of fused-ring (bicyclic) bond motifs is 6. The molecule has 0 amide bonds. The van der Waals surface area contributed by atoms with Gasteiger partial charge < -0.3 is 70.7 Å². The van der Waals surface area contributed by atoms with Crippen LogP contribution in [0.2, 0.25) is 0 Å². The summed E-state index contributed by atoms with van der Waals surface area (Å²) in [4.78, 5) is 9.42. The molecule has 90 heavy (non-hydrogen) atoms. The second kappa shape index (κ2) is 32.6. The van der Waals surface area contributed by atoms with Crippen LogP contribution < -0.4 is 4.90 Å². The highest BCUT2D eigenvalue weighted by Crippen LogP contribution is 2.54. The summed E-state index contributed by atoms with van der Waals surface area (Å²) in [7, 11) is -23.4. The summed E-state index contributed by atoms with van der Waals surface area (Å²) in [6, 6.07) is 8.63. The van der Waals surface area contributed by atoms with E-state index in [-0.39, 0.29) is 119 Å². The molecule has 0 aromatic heterocycles. The van der Waals surface area contributed by atoms with Gasteiger partial charge in [0.15, 0.2) is 12.3 Å². The van der Waals surface area contributed by atoms with E-state index < -0.39 is 92.7 Å². The third kappa shape index (κ3) is 19.7. The molecule has 6 rings (SSSR count). The zero-order chi connectivity index (χ0) is 66.1. The molecule has 2 atom stereocenters. The highest BCUT2D eigenvalue weighted by molar-refractivity contribution is 7.87. The number of allylic oxidation sites excluding steroid dienone is 6. The number of nitrogens with zero attached hydrogens (tertiary/aromatic N) is 2. The summed E-state index contributed by atoms with van der Waals surface area (Å²) in [5, 5.41) is 8.83. The first kappa shape index (κ1) is 73.8. The van der Waals surface area contributed by atoms with Gasteiger partial charge >= 0.3 is 5.97 Å². The van der Waals surface area contributed by atoms with Crippen LogP contribution in [0.15, 0.2) is 104 Å². The maximum atomic E-state index is 12.9. The number of benzene rings is 4. The van der Waals surface area contributed by atoms with Crippen molar-refractivity contribution in [2.24, 2.45) is 0 Å². The van der Waals surface area contributed by atoms with Crippen molar-refractivity contribution < 1.29 is 117 Å². The molecule has 4 aromatic rings. The van der Waals surface area contributed by atoms with E-state index in [4.69, 9.17) is 37.9 Å². The van der Waals surface area contributed by atoms with E-state index >= 15 is 0 Å². The van der Waals surface area contributed by atoms with Gasteiger partial charge in [-0.3, -0.25) is 4.79 Å². The monoisotopic (exact) mass is 1360 g/mol. The maximum absolute atomic E-state index is 12.9. The summed E-state index contributed by atoms with van der Waals surface area (Å²) < 4.78 is 235. The molecule has 4 aromatic carbocycles. The molecule has 0 saturated carbocycles. The Balaban J connectivity index is 1.50. The van der Waals surface area contributed by atoms with Crippen molar-refractivity contribution in [2.45, 2.75) is 89.2 Å². The Kier molecular flexibility index (Phi) is 26.7. The van der Waals surface area contributed by atoms with Gasteiger partial charge in [0.25, 0.3) is 0 Å². The molecular formula is C58H74N2O25S5-4. The topological polar surface area (TPSA) is 403 Å². The number of anilines is 1. The van der Waals surface area contributed by atoms with Gasteiger partial charge in [-0.1, -0.05) is 30.7 Å². The summed E-state index contributed by atoms with van der Waals surface area (Å²) in [6.45, 7) is 6.86. The number of carboxylic acid groups (broad SMARTS) is 1. The fraction of sp³-hybridized carbons (Fsp3) is 0.517. The molecule has 2 heterocycles. The Morgan fingerprint density at radius 1 is 0.533 bits per heavy atom. The minimum atomic E-state index is -5.46. The van der Waals surface area contributed by atoms with Gasteiger partial charge in [0, 0.05) is 79.4 Å². The molecular weight excluding hydrogens is 1280 g/mol. The predicted molar refractivity (Wildman–Crippen MR) is 321 cm³/mol. The molecule has 0 radical (unpaired) electrons. The Labute approximate surface area is 525 Å². The number of carbonyl (C=O) groups is 1. The number of methoxy groups -OCH3 is 2. The number of unbranched alkanes of at least 4 members (excludes halogenated alkanes) is 2. The van der Waals surface area contributed by atoms with Crippen LogP contribution in [0.1, 0.15) is 69.9 Å². The van der Waals surface area contributed by atoms with Gasteiger partial charge in [0.05, 0.1) is 114 Å². The van der Waals surface area contributed by atoms with Crippen LogP contribution in [0.25, 0.3) is 21.5 Å². The first-order valence-corrected chi connectivity index (χ1v) is 35.7. The predicted octanol–water partition coefficient (Wildman–Crippen LogP) is 4.49. The molecule has 0 fully saturated rings. The van der Waals surface area contributed by atoms with Crippen molar-refractivity contribution in [1.82, 2.24) is 0 Å². The van der Waals surface area contributed by atoms with Crippen LogP contribution in [-0.2, 0) is 104 Å². The molecule has 500 valence electrons. The smallest absolute Gasteiger partial charge is 0.303 e. The van der Waals surface area contributed by atoms with Crippen molar-refractivity contribution >= 4 is 95.2 Å². The van der Waals surface area contributed by atoms with E-state index in [0.717, 1.165) is 12.1 Å². The first-order chi connectivity index (χ1) is 42.4. The number of ether oxygens (including phenoxy) is 8. The molecule has 0 saturated heterocycles. The Hall–Kier alpha value is -5.21. The normalized spacial score (nSPS) is 18.0. The van der Waals surface area contributed by atoms with E-state index in [1.807, 2.05) is 4.90 Å². The summed E-state index contributed by atoms with van der Waals surface area (Å²) in [6.07, 6.45) is 8.86. The standard InChI is InChI=1S/C58H78N2O25S5/c1-57(19-11-37-86(63,64)65)52(60(22-24-81-30-32-85-36-34-83-28-26-79-4)49-18-16-44-46(55(49)57)38-42(87(66,67)68)40-50(44)89(72,73)74)12-7-5-8-13-53-58(2,20-23-80-29-31-84-35-33-82-27-25-78-3)56-47-39-43(88(69,70)71)41-51(90(75,76)77)45(47)15-17-48(56)59(53)21-10-6-9-14-54(61)62/h5,7-8,12-13,15-18,38-41H,6,9-11,14,19-37H2,1-4H3,(H5-,61,62,63,64,65,66,67,68,69,70,71,72,73,74,75,76,77)/p-4. The molecule has 1 N–H and O–H groups in total. The molecule has 0 spiro atoms. The zero-order valence-corrected chi connectivity index (χ0v) is 54.2. The van der Waals surface area contributed by atoms with Gasteiger partial charge in [0.1, 0.15) is 47.1 Å². The number of carboxylic acids is 1. The van der Waals surface area contributed by atoms with E-state index in [2.05, 4.69) is 0 Å². The molecule has 0 aliphatic carbocycles. The number of aliphatic carboxylic acids is 1. The second-order valence-corrected chi connectivity index (χ2v) is 28.4. The van der Waals surface area contributed by atoms with E-state index in [0.29, 0.717) is 99.4 Å². The molecule has 27 nitrogen and oxygen atoms in total. The summed E-state index contributed by atoms with van der Waals surface area (Å²) >= 11 is 0. The van der Waals surface area contributed by atoms with Crippen molar-refractivity contribution in [2.75, 3.05) is 130 Å². The molecule has 2 unspecified atom stereocenters. The molecule has 0 bridgehead atoms. The highest BCUT2D eigenvalue weighted by Gasteiger charge is 2.49. The van der Waals surface area contributed by atoms with Gasteiger partial charge in [0.2, 0.25) is 5.69 Å². The van der Waals surface area contributed by atoms with Gasteiger partial charge in [-0.25, -0.2) is 42.1 Å². The fourth-order valence-corrected chi connectivity index (χ4v) is 14.3. The lowest BCUT2D eigenvalue weighted by molar-refractivity contribution is -0.442. The largest absolute Gasteiger partial charge is 0.748 e. The van der Waals surface area contributed by atoms with Gasteiger partial charge in [-0.05, 0) is 110 Å². The average Bonchev–Trinajstić information content (AvgIpc) is 1.52. The lowest BCUT2D eigenvalue weighted by Gasteiger charge is -2.31. The van der Waals surface area contributed by atoms with Crippen molar-refractivity contribution in [3.63, 3.8) is 0 Å². The van der Waals surface area contributed by atoms with Crippen molar-refractivity contribution in [1.29, 1.82) is 0 Å². The van der Waals surface area contributed by atoms with E-state index in [1.165, 1.54) is 18.2 Å². The number of hydrogen-bond donors (Lipinski definition) is 1. The Bertz CT molecular complexity index is 3910. The lowest BCUT2D eigenvalue weighted by atomic mass is 9.74. The van der Waals surface area contributed by atoms with Crippen LogP contribution in [0.5, 0.6) is 0 Å². The lowest BCUT2D eigenvalue weighted by Crippen LogP contribution is -2.33. The van der Waals surface area contributed by atoms with E-state index in [1.54, 1.807) is 69.1 Å². The first-order valence-electron chi connectivity index (χ1n) is 28.5. The second-order valence-electron chi connectivity index (χ2n) is 21.4. The molecule has 2 aliphatic rings. The third-order valence-electron chi connectivity index (χ3n) is 15.2. The molecule has 32 heteroatoms. The van der Waals surface area contributed by atoms with Crippen LogP contribution >= 0.6 is 0 Å². The Morgan fingerprint density at radius 3 is 1.51 bits per heavy atom.